The minimum atomic E-state index is -0.173. The van der Waals surface area contributed by atoms with E-state index in [0.717, 1.165) is 30.5 Å². The van der Waals surface area contributed by atoms with Gasteiger partial charge in [-0.15, -0.1) is 0 Å². The maximum Gasteiger partial charge on any atom is 0.126 e. The Morgan fingerprint density at radius 1 is 1.40 bits per heavy atom. The van der Waals surface area contributed by atoms with Gasteiger partial charge in [0.25, 0.3) is 0 Å². The molecule has 0 aliphatic carbocycles. The molecule has 0 radical (unpaired) electrons. The molecule has 2 N–H and O–H groups in total. The number of hydrogen-bond donors (Lipinski definition) is 1. The van der Waals surface area contributed by atoms with Crippen LogP contribution in [0.2, 0.25) is 0 Å². The van der Waals surface area contributed by atoms with Crippen LogP contribution < -0.4 is 5.73 Å². The maximum absolute atomic E-state index is 13.9. The topological polar surface area (TPSA) is 32.5 Å². The lowest BCUT2D eigenvalue weighted by atomic mass is 9.98. The van der Waals surface area contributed by atoms with Gasteiger partial charge >= 0.3 is 0 Å². The van der Waals surface area contributed by atoms with Gasteiger partial charge in [0.1, 0.15) is 5.82 Å². The Balaban J connectivity index is 2.09. The molecule has 2 unspecified atom stereocenters. The monoisotopic (exact) mass is 343 g/mol. The second kappa shape index (κ2) is 6.98. The third kappa shape index (κ3) is 4.01. The number of nitrogens with two attached hydrogens (primary N) is 1. The molecule has 0 saturated carbocycles. The summed E-state index contributed by atoms with van der Waals surface area (Å²) in [4.78, 5) is 4.62. The van der Waals surface area contributed by atoms with Crippen LogP contribution in [0.25, 0.3) is 0 Å². The van der Waals surface area contributed by atoms with Gasteiger partial charge in [0.05, 0.1) is 0 Å². The number of hydrogen-bond acceptors (Lipinski definition) is 3. The molecule has 5 heteroatoms. The van der Waals surface area contributed by atoms with E-state index in [-0.39, 0.29) is 17.9 Å². The standard InChI is InChI=1S/C15H23BrFN3/c1-19-6-3-7-20(2)15(10-19)14(18)9-11-8-12(16)4-5-13(11)17/h4-5,8,14-15H,3,6-7,9-10,18H2,1-2H3. The van der Waals surface area contributed by atoms with Crippen molar-refractivity contribution in [3.8, 4) is 0 Å². The predicted molar refractivity (Wildman–Crippen MR) is 84.3 cm³/mol. The zero-order valence-corrected chi connectivity index (χ0v) is 13.7. The minimum absolute atomic E-state index is 0.0654. The number of benzene rings is 1. The van der Waals surface area contributed by atoms with Crippen LogP contribution in [-0.4, -0.2) is 55.6 Å². The first kappa shape index (κ1) is 15.9. The third-order valence-electron chi connectivity index (χ3n) is 4.07. The summed E-state index contributed by atoms with van der Waals surface area (Å²) < 4.78 is 14.7. The molecule has 2 atom stereocenters. The highest BCUT2D eigenvalue weighted by atomic mass is 79.9. The Morgan fingerprint density at radius 3 is 2.90 bits per heavy atom. The van der Waals surface area contributed by atoms with E-state index in [9.17, 15) is 4.39 Å². The first-order valence-electron chi connectivity index (χ1n) is 7.05. The van der Waals surface area contributed by atoms with Crippen molar-refractivity contribution in [1.82, 2.24) is 9.80 Å². The fourth-order valence-electron chi connectivity index (χ4n) is 2.86. The van der Waals surface area contributed by atoms with Crippen molar-refractivity contribution in [2.75, 3.05) is 33.7 Å². The molecule has 20 heavy (non-hydrogen) atoms. The van der Waals surface area contributed by atoms with Crippen molar-refractivity contribution in [1.29, 1.82) is 0 Å². The molecular weight excluding hydrogens is 321 g/mol. The van der Waals surface area contributed by atoms with E-state index in [1.165, 1.54) is 6.07 Å². The first-order chi connectivity index (χ1) is 9.47. The molecule has 1 heterocycles. The SMILES string of the molecule is CN1CCCN(C)C(C(N)Cc2cc(Br)ccc2F)C1. The maximum atomic E-state index is 13.9. The zero-order chi connectivity index (χ0) is 14.7. The summed E-state index contributed by atoms with van der Waals surface area (Å²) in [6, 6.07) is 5.24. The number of likely N-dealkylation sites (N-methyl/N-ethyl adjacent to an activating group) is 2. The molecular formula is C15H23BrFN3. The van der Waals surface area contributed by atoms with Crippen LogP contribution in [0.15, 0.2) is 22.7 Å². The fourth-order valence-corrected chi connectivity index (χ4v) is 3.27. The van der Waals surface area contributed by atoms with Crippen molar-refractivity contribution in [2.45, 2.75) is 24.9 Å². The highest BCUT2D eigenvalue weighted by molar-refractivity contribution is 9.10. The van der Waals surface area contributed by atoms with Gasteiger partial charge in [-0.25, -0.2) is 4.39 Å². The Morgan fingerprint density at radius 2 is 2.15 bits per heavy atom. The molecule has 1 aromatic rings. The summed E-state index contributed by atoms with van der Waals surface area (Å²) in [5.74, 6) is -0.173. The van der Waals surface area contributed by atoms with E-state index < -0.39 is 0 Å². The van der Waals surface area contributed by atoms with E-state index in [0.29, 0.717) is 12.0 Å². The Labute approximate surface area is 129 Å². The van der Waals surface area contributed by atoms with Gasteiger partial charge in [-0.05, 0) is 63.8 Å². The predicted octanol–water partition coefficient (Wildman–Crippen LogP) is 2.09. The molecule has 0 spiro atoms. The van der Waals surface area contributed by atoms with Crippen molar-refractivity contribution in [2.24, 2.45) is 5.73 Å². The van der Waals surface area contributed by atoms with E-state index in [1.54, 1.807) is 6.07 Å². The summed E-state index contributed by atoms with van der Waals surface area (Å²) in [6.45, 7) is 3.08. The van der Waals surface area contributed by atoms with Gasteiger partial charge in [-0.2, -0.15) is 0 Å². The zero-order valence-electron chi connectivity index (χ0n) is 12.1. The summed E-state index contributed by atoms with van der Waals surface area (Å²) in [7, 11) is 4.24. The smallest absolute Gasteiger partial charge is 0.126 e. The highest BCUT2D eigenvalue weighted by Crippen LogP contribution is 2.19. The second-order valence-corrected chi connectivity index (χ2v) is 6.68. The van der Waals surface area contributed by atoms with Gasteiger partial charge in [0.15, 0.2) is 0 Å². The van der Waals surface area contributed by atoms with Gasteiger partial charge in [-0.1, -0.05) is 15.9 Å². The van der Waals surface area contributed by atoms with Crippen LogP contribution in [0.4, 0.5) is 4.39 Å². The summed E-state index contributed by atoms with van der Waals surface area (Å²) in [5, 5.41) is 0. The normalized spacial score (nSPS) is 23.6. The summed E-state index contributed by atoms with van der Waals surface area (Å²) in [5.41, 5.74) is 7.06. The first-order valence-corrected chi connectivity index (χ1v) is 7.85. The second-order valence-electron chi connectivity index (χ2n) is 5.77. The van der Waals surface area contributed by atoms with Crippen molar-refractivity contribution in [3.05, 3.63) is 34.1 Å². The quantitative estimate of drug-likeness (QED) is 0.912. The van der Waals surface area contributed by atoms with Crippen LogP contribution in [0.1, 0.15) is 12.0 Å². The van der Waals surface area contributed by atoms with Crippen LogP contribution in [-0.2, 0) is 6.42 Å². The minimum Gasteiger partial charge on any atom is -0.326 e. The molecule has 1 saturated heterocycles. The van der Waals surface area contributed by atoms with Crippen molar-refractivity contribution in [3.63, 3.8) is 0 Å². The molecule has 1 fully saturated rings. The fraction of sp³-hybridized carbons (Fsp3) is 0.600. The number of nitrogens with zero attached hydrogens (tertiary/aromatic N) is 2. The van der Waals surface area contributed by atoms with Gasteiger partial charge < -0.3 is 15.5 Å². The molecule has 0 aromatic heterocycles. The average Bonchev–Trinajstić information content (AvgIpc) is 2.55. The molecule has 0 bridgehead atoms. The molecule has 3 nitrogen and oxygen atoms in total. The molecule has 1 aliphatic rings. The molecule has 1 aromatic carbocycles. The number of rotatable bonds is 3. The van der Waals surface area contributed by atoms with Crippen molar-refractivity contribution >= 4 is 15.9 Å². The van der Waals surface area contributed by atoms with E-state index in [4.69, 9.17) is 5.73 Å². The lowest BCUT2D eigenvalue weighted by Crippen LogP contribution is -2.51. The number of halogens is 2. The van der Waals surface area contributed by atoms with Crippen LogP contribution >= 0.6 is 15.9 Å². The largest absolute Gasteiger partial charge is 0.326 e. The molecule has 112 valence electrons. The van der Waals surface area contributed by atoms with E-state index in [1.807, 2.05) is 6.07 Å². The van der Waals surface area contributed by atoms with Crippen LogP contribution in [0, 0.1) is 5.82 Å². The third-order valence-corrected chi connectivity index (χ3v) is 4.57. The van der Waals surface area contributed by atoms with Gasteiger partial charge in [0, 0.05) is 23.1 Å². The Bertz CT molecular complexity index is 455. The summed E-state index contributed by atoms with van der Waals surface area (Å²) >= 11 is 3.39. The lowest BCUT2D eigenvalue weighted by Gasteiger charge is -2.32. The Kier molecular flexibility index (Phi) is 5.55. The molecule has 0 amide bonds. The van der Waals surface area contributed by atoms with Crippen LogP contribution in [0.5, 0.6) is 0 Å². The molecule has 2 rings (SSSR count). The van der Waals surface area contributed by atoms with E-state index in [2.05, 4.69) is 39.8 Å². The lowest BCUT2D eigenvalue weighted by molar-refractivity contribution is 0.194. The van der Waals surface area contributed by atoms with Crippen molar-refractivity contribution < 1.29 is 4.39 Å². The summed E-state index contributed by atoms with van der Waals surface area (Å²) in [6.07, 6.45) is 1.72. The Hall–Kier alpha value is -0.490. The highest BCUT2D eigenvalue weighted by Gasteiger charge is 2.26. The van der Waals surface area contributed by atoms with Crippen LogP contribution in [0.3, 0.4) is 0 Å². The molecule has 1 aliphatic heterocycles. The van der Waals surface area contributed by atoms with E-state index >= 15 is 0 Å². The van der Waals surface area contributed by atoms with Gasteiger partial charge in [-0.3, -0.25) is 0 Å². The average molecular weight is 344 g/mol. The van der Waals surface area contributed by atoms with Gasteiger partial charge in [0.2, 0.25) is 0 Å².